The summed E-state index contributed by atoms with van der Waals surface area (Å²) in [6.07, 6.45) is 0. The number of nitrogens with zero attached hydrogens (tertiary/aromatic N) is 3. The Kier molecular flexibility index (Phi) is 4.53. The zero-order valence-corrected chi connectivity index (χ0v) is 14.9. The molecule has 0 spiro atoms. The van der Waals surface area contributed by atoms with Crippen molar-refractivity contribution in [2.75, 3.05) is 16.8 Å². The van der Waals surface area contributed by atoms with Crippen LogP contribution in [0.2, 0.25) is 5.02 Å². The number of fused-ring (bicyclic) bond motifs is 1. The molecule has 0 saturated heterocycles. The summed E-state index contributed by atoms with van der Waals surface area (Å²) in [4.78, 5) is 14.3. The molecule has 4 rings (SSSR count). The van der Waals surface area contributed by atoms with E-state index in [0.29, 0.717) is 40.9 Å². The maximum atomic E-state index is 13.8. The largest absolute Gasteiger partial charge is 0.377 e. The molecule has 0 bridgehead atoms. The van der Waals surface area contributed by atoms with Crippen LogP contribution in [-0.2, 0) is 13.1 Å². The molecule has 0 atom stereocenters. The van der Waals surface area contributed by atoms with E-state index in [1.54, 1.807) is 39.9 Å². The lowest BCUT2D eigenvalue weighted by Crippen LogP contribution is -2.40. The van der Waals surface area contributed by atoms with Crippen molar-refractivity contribution in [1.29, 1.82) is 0 Å². The van der Waals surface area contributed by atoms with Crippen LogP contribution in [0.5, 0.6) is 0 Å². The smallest absolute Gasteiger partial charge is 0.276 e. The summed E-state index contributed by atoms with van der Waals surface area (Å²) in [6, 6.07) is 11.8. The van der Waals surface area contributed by atoms with Gasteiger partial charge in [-0.1, -0.05) is 11.6 Å². The van der Waals surface area contributed by atoms with Gasteiger partial charge in [-0.3, -0.25) is 9.48 Å². The van der Waals surface area contributed by atoms with Crippen molar-refractivity contribution in [1.82, 2.24) is 9.78 Å². The van der Waals surface area contributed by atoms with Gasteiger partial charge in [-0.15, -0.1) is 0 Å². The van der Waals surface area contributed by atoms with E-state index < -0.39 is 5.82 Å². The van der Waals surface area contributed by atoms with Crippen LogP contribution >= 0.6 is 11.6 Å². The van der Waals surface area contributed by atoms with Crippen molar-refractivity contribution in [3.63, 3.8) is 0 Å². The van der Waals surface area contributed by atoms with Gasteiger partial charge >= 0.3 is 0 Å². The Bertz CT molecular complexity index is 1000. The molecule has 0 radical (unpaired) electrons. The molecule has 1 aliphatic heterocycles. The number of carbonyl (C=O) groups excluding carboxylic acids is 1. The van der Waals surface area contributed by atoms with Crippen LogP contribution < -0.4 is 10.2 Å². The Morgan fingerprint density at radius 1 is 1.07 bits per heavy atom. The molecule has 5 nitrogen and oxygen atoms in total. The van der Waals surface area contributed by atoms with Crippen molar-refractivity contribution in [3.8, 4) is 0 Å². The van der Waals surface area contributed by atoms with E-state index in [0.717, 1.165) is 0 Å². The van der Waals surface area contributed by atoms with Gasteiger partial charge in [0.15, 0.2) is 0 Å². The predicted octanol–water partition coefficient (Wildman–Crippen LogP) is 4.09. The Hall–Kier alpha value is -2.93. The average Bonchev–Trinajstić information content (AvgIpc) is 3.06. The minimum atomic E-state index is -0.454. The molecule has 0 unspecified atom stereocenters. The van der Waals surface area contributed by atoms with Gasteiger partial charge < -0.3 is 10.2 Å². The number of halogens is 3. The van der Waals surface area contributed by atoms with Crippen molar-refractivity contribution < 1.29 is 13.6 Å². The van der Waals surface area contributed by atoms with Crippen LogP contribution in [0.4, 0.5) is 20.2 Å². The molecule has 0 saturated carbocycles. The molecule has 3 aromatic rings. The molecule has 0 aliphatic carbocycles. The number of carbonyl (C=O) groups is 1. The predicted molar refractivity (Wildman–Crippen MR) is 99.0 cm³/mol. The molecule has 8 heteroatoms. The quantitative estimate of drug-likeness (QED) is 0.732. The summed E-state index contributed by atoms with van der Waals surface area (Å²) in [7, 11) is 0. The van der Waals surface area contributed by atoms with Crippen LogP contribution in [0.3, 0.4) is 0 Å². The highest BCUT2D eigenvalue weighted by Gasteiger charge is 2.27. The van der Waals surface area contributed by atoms with Crippen LogP contribution in [-0.4, -0.2) is 22.2 Å². The summed E-state index contributed by atoms with van der Waals surface area (Å²) in [5.74, 6) is -1.01. The average molecular weight is 389 g/mol. The van der Waals surface area contributed by atoms with Gasteiger partial charge in [0.2, 0.25) is 0 Å². The van der Waals surface area contributed by atoms with Crippen LogP contribution in [0.1, 0.15) is 16.2 Å². The monoisotopic (exact) mass is 388 g/mol. The minimum absolute atomic E-state index is 0.204. The fourth-order valence-corrected chi connectivity index (χ4v) is 3.18. The zero-order chi connectivity index (χ0) is 19.0. The van der Waals surface area contributed by atoms with Gasteiger partial charge in [0.05, 0.1) is 24.5 Å². The highest BCUT2D eigenvalue weighted by atomic mass is 35.5. The molecular weight excluding hydrogens is 374 g/mol. The SMILES string of the molecule is O=C1c2cc(CNc3ccc(Cl)cc3F)nn2CCN1c1ccc(F)cc1. The number of anilines is 2. The first-order valence-electron chi connectivity index (χ1n) is 8.34. The van der Waals surface area contributed by atoms with Crippen LogP contribution in [0.25, 0.3) is 0 Å². The summed E-state index contributed by atoms with van der Waals surface area (Å²) in [5, 5.41) is 7.68. The maximum absolute atomic E-state index is 13.8. The van der Waals surface area contributed by atoms with Gasteiger partial charge in [-0.25, -0.2) is 8.78 Å². The van der Waals surface area contributed by atoms with Crippen molar-refractivity contribution in [3.05, 3.63) is 76.6 Å². The molecule has 1 amide bonds. The third-order valence-electron chi connectivity index (χ3n) is 4.36. The van der Waals surface area contributed by atoms with E-state index >= 15 is 0 Å². The summed E-state index contributed by atoms with van der Waals surface area (Å²) in [6.45, 7) is 1.23. The number of aromatic nitrogens is 2. The number of rotatable bonds is 4. The second kappa shape index (κ2) is 7.00. The Labute approximate surface area is 159 Å². The van der Waals surface area contributed by atoms with Crippen molar-refractivity contribution in [2.45, 2.75) is 13.1 Å². The summed E-state index contributed by atoms with van der Waals surface area (Å²) in [5.41, 5.74) is 2.01. The molecular formula is C19H15ClF2N4O. The fourth-order valence-electron chi connectivity index (χ4n) is 3.02. The van der Waals surface area contributed by atoms with Crippen molar-refractivity contribution in [2.24, 2.45) is 0 Å². The van der Waals surface area contributed by atoms with Gasteiger partial charge in [0, 0.05) is 17.3 Å². The number of nitrogens with one attached hydrogen (secondary N) is 1. The molecule has 1 aliphatic rings. The molecule has 2 heterocycles. The second-order valence-electron chi connectivity index (χ2n) is 6.15. The van der Waals surface area contributed by atoms with E-state index in [4.69, 9.17) is 11.6 Å². The molecule has 0 fully saturated rings. The second-order valence-corrected chi connectivity index (χ2v) is 6.59. The molecule has 1 aromatic heterocycles. The van der Waals surface area contributed by atoms with Crippen LogP contribution in [0.15, 0.2) is 48.5 Å². The van der Waals surface area contributed by atoms with E-state index in [1.165, 1.54) is 18.2 Å². The van der Waals surface area contributed by atoms with Gasteiger partial charge in [-0.05, 0) is 48.5 Å². The van der Waals surface area contributed by atoms with Crippen molar-refractivity contribution >= 4 is 28.9 Å². The zero-order valence-electron chi connectivity index (χ0n) is 14.1. The number of hydrogen-bond acceptors (Lipinski definition) is 3. The third kappa shape index (κ3) is 3.50. The first-order chi connectivity index (χ1) is 13.0. The lowest BCUT2D eigenvalue weighted by Gasteiger charge is -2.27. The maximum Gasteiger partial charge on any atom is 0.276 e. The fraction of sp³-hybridized carbons (Fsp3) is 0.158. The van der Waals surface area contributed by atoms with E-state index in [2.05, 4.69) is 10.4 Å². The highest BCUT2D eigenvalue weighted by molar-refractivity contribution is 6.30. The van der Waals surface area contributed by atoms with E-state index in [-0.39, 0.29) is 18.3 Å². The Balaban J connectivity index is 1.51. The van der Waals surface area contributed by atoms with E-state index in [9.17, 15) is 13.6 Å². The standard InChI is InChI=1S/C19H15ClF2N4O/c20-12-1-6-17(16(22)9-12)23-11-14-10-18-19(27)25(7-8-26(18)24-14)15-4-2-13(21)3-5-15/h1-6,9-10,23H,7-8,11H2. The van der Waals surface area contributed by atoms with Gasteiger partial charge in [-0.2, -0.15) is 5.10 Å². The number of benzene rings is 2. The lowest BCUT2D eigenvalue weighted by atomic mass is 10.2. The molecule has 2 aromatic carbocycles. The molecule has 138 valence electrons. The Morgan fingerprint density at radius 2 is 1.85 bits per heavy atom. The third-order valence-corrected chi connectivity index (χ3v) is 4.59. The first kappa shape index (κ1) is 17.5. The van der Waals surface area contributed by atoms with Crippen LogP contribution in [0, 0.1) is 11.6 Å². The topological polar surface area (TPSA) is 50.2 Å². The molecule has 27 heavy (non-hydrogen) atoms. The highest BCUT2D eigenvalue weighted by Crippen LogP contribution is 2.23. The minimum Gasteiger partial charge on any atom is -0.377 e. The number of hydrogen-bond donors (Lipinski definition) is 1. The molecule has 1 N–H and O–H groups in total. The lowest BCUT2D eigenvalue weighted by molar-refractivity contribution is 0.0962. The first-order valence-corrected chi connectivity index (χ1v) is 8.72. The number of amides is 1. The van der Waals surface area contributed by atoms with Gasteiger partial charge in [0.1, 0.15) is 17.3 Å². The Morgan fingerprint density at radius 3 is 2.59 bits per heavy atom. The van der Waals surface area contributed by atoms with E-state index in [1.807, 2.05) is 0 Å². The summed E-state index contributed by atoms with van der Waals surface area (Å²) >= 11 is 5.75. The normalized spacial score (nSPS) is 13.6. The summed E-state index contributed by atoms with van der Waals surface area (Å²) < 4.78 is 28.6. The van der Waals surface area contributed by atoms with Gasteiger partial charge in [0.25, 0.3) is 5.91 Å².